The fraction of sp³-hybridized carbons (Fsp3) is 0.0714. The van der Waals surface area contributed by atoms with E-state index in [1.807, 2.05) is 0 Å². The molecule has 0 spiro atoms. The largest absolute Gasteiger partial charge is 0.338 e. The van der Waals surface area contributed by atoms with Crippen molar-refractivity contribution in [2.24, 2.45) is 0 Å². The summed E-state index contributed by atoms with van der Waals surface area (Å²) in [4.78, 5) is 7.09. The summed E-state index contributed by atoms with van der Waals surface area (Å²) in [6.45, 7) is 1.74. The number of hydrogen-bond acceptors (Lipinski definition) is 1. The van der Waals surface area contributed by atoms with E-state index in [0.717, 1.165) is 12.1 Å². The number of aromatic amines is 1. The SMILES string of the molecule is Cc1cc(F)ccc1-c1nc2cc(F)c(F)cc2[nH]1. The van der Waals surface area contributed by atoms with Crippen LogP contribution in [0.1, 0.15) is 5.56 Å². The summed E-state index contributed by atoms with van der Waals surface area (Å²) in [6.07, 6.45) is 0. The summed E-state index contributed by atoms with van der Waals surface area (Å²) in [5.74, 6) is -1.76. The van der Waals surface area contributed by atoms with Gasteiger partial charge in [-0.1, -0.05) is 0 Å². The van der Waals surface area contributed by atoms with Gasteiger partial charge in [0.2, 0.25) is 0 Å². The van der Waals surface area contributed by atoms with Crippen LogP contribution in [0.3, 0.4) is 0 Å². The van der Waals surface area contributed by atoms with Gasteiger partial charge in [-0.15, -0.1) is 0 Å². The maximum atomic E-state index is 13.1. The lowest BCUT2D eigenvalue weighted by Gasteiger charge is -2.01. The number of imidazole rings is 1. The van der Waals surface area contributed by atoms with Gasteiger partial charge in [-0.05, 0) is 30.7 Å². The first-order chi connectivity index (χ1) is 9.04. The van der Waals surface area contributed by atoms with Crippen molar-refractivity contribution in [3.05, 3.63) is 53.3 Å². The number of benzene rings is 2. The van der Waals surface area contributed by atoms with E-state index in [2.05, 4.69) is 9.97 Å². The summed E-state index contributed by atoms with van der Waals surface area (Å²) in [7, 11) is 0. The molecular weight excluding hydrogens is 253 g/mol. The quantitative estimate of drug-likeness (QED) is 0.706. The fourth-order valence-corrected chi connectivity index (χ4v) is 2.03. The van der Waals surface area contributed by atoms with Crippen LogP contribution in [-0.2, 0) is 0 Å². The van der Waals surface area contributed by atoms with Crippen molar-refractivity contribution in [1.82, 2.24) is 9.97 Å². The molecule has 1 heterocycles. The van der Waals surface area contributed by atoms with Gasteiger partial charge in [-0.2, -0.15) is 0 Å². The molecule has 0 bridgehead atoms. The smallest absolute Gasteiger partial charge is 0.161 e. The molecule has 3 rings (SSSR count). The number of halogens is 3. The number of aryl methyl sites for hydroxylation is 1. The molecule has 0 unspecified atom stereocenters. The minimum atomic E-state index is -0.943. The van der Waals surface area contributed by atoms with E-state index in [1.54, 1.807) is 13.0 Å². The molecule has 0 aliphatic carbocycles. The predicted octanol–water partition coefficient (Wildman–Crippen LogP) is 3.96. The van der Waals surface area contributed by atoms with Crippen LogP contribution in [0.15, 0.2) is 30.3 Å². The molecule has 1 N–H and O–H groups in total. The second-order valence-electron chi connectivity index (χ2n) is 4.33. The summed E-state index contributed by atoms with van der Waals surface area (Å²) in [5, 5.41) is 0. The highest BCUT2D eigenvalue weighted by Crippen LogP contribution is 2.25. The third-order valence-corrected chi connectivity index (χ3v) is 2.97. The minimum Gasteiger partial charge on any atom is -0.338 e. The van der Waals surface area contributed by atoms with Crippen LogP contribution < -0.4 is 0 Å². The van der Waals surface area contributed by atoms with Crippen molar-refractivity contribution >= 4 is 11.0 Å². The van der Waals surface area contributed by atoms with E-state index >= 15 is 0 Å². The lowest BCUT2D eigenvalue weighted by Crippen LogP contribution is -1.86. The zero-order chi connectivity index (χ0) is 13.6. The monoisotopic (exact) mass is 262 g/mol. The lowest BCUT2D eigenvalue weighted by atomic mass is 10.1. The summed E-state index contributed by atoms with van der Waals surface area (Å²) in [5.41, 5.74) is 2.12. The molecular formula is C14H9F3N2. The Morgan fingerprint density at radius 2 is 1.74 bits per heavy atom. The average Bonchev–Trinajstić information content (AvgIpc) is 2.72. The van der Waals surface area contributed by atoms with Gasteiger partial charge in [-0.25, -0.2) is 18.2 Å². The Balaban J connectivity index is 2.20. The van der Waals surface area contributed by atoms with E-state index < -0.39 is 11.6 Å². The number of H-pyrrole nitrogens is 1. The van der Waals surface area contributed by atoms with Gasteiger partial charge in [0.1, 0.15) is 11.6 Å². The van der Waals surface area contributed by atoms with Crippen LogP contribution in [0.4, 0.5) is 13.2 Å². The van der Waals surface area contributed by atoms with E-state index in [1.165, 1.54) is 12.1 Å². The number of nitrogens with zero attached hydrogens (tertiary/aromatic N) is 1. The fourth-order valence-electron chi connectivity index (χ4n) is 2.03. The van der Waals surface area contributed by atoms with Gasteiger partial charge >= 0.3 is 0 Å². The average molecular weight is 262 g/mol. The Hall–Kier alpha value is -2.30. The topological polar surface area (TPSA) is 28.7 Å². The van der Waals surface area contributed by atoms with Crippen LogP contribution in [0.5, 0.6) is 0 Å². The van der Waals surface area contributed by atoms with Crippen molar-refractivity contribution < 1.29 is 13.2 Å². The van der Waals surface area contributed by atoms with E-state index in [-0.39, 0.29) is 5.82 Å². The molecule has 3 aromatic rings. The van der Waals surface area contributed by atoms with Crippen LogP contribution in [0, 0.1) is 24.4 Å². The molecule has 0 amide bonds. The summed E-state index contributed by atoms with van der Waals surface area (Å²) in [6, 6.07) is 6.36. The van der Waals surface area contributed by atoms with E-state index in [4.69, 9.17) is 0 Å². The minimum absolute atomic E-state index is 0.331. The van der Waals surface area contributed by atoms with Crippen molar-refractivity contribution in [2.45, 2.75) is 6.92 Å². The molecule has 0 saturated carbocycles. The Kier molecular flexibility index (Phi) is 2.55. The number of fused-ring (bicyclic) bond motifs is 1. The summed E-state index contributed by atoms with van der Waals surface area (Å²) < 4.78 is 39.3. The van der Waals surface area contributed by atoms with Gasteiger partial charge in [-0.3, -0.25) is 0 Å². The molecule has 19 heavy (non-hydrogen) atoms. The van der Waals surface area contributed by atoms with Crippen molar-refractivity contribution in [3.63, 3.8) is 0 Å². The number of rotatable bonds is 1. The van der Waals surface area contributed by atoms with Crippen LogP contribution in [0.2, 0.25) is 0 Å². The first-order valence-electron chi connectivity index (χ1n) is 5.66. The van der Waals surface area contributed by atoms with E-state index in [0.29, 0.717) is 28.0 Å². The molecule has 2 aromatic carbocycles. The number of hydrogen-bond donors (Lipinski definition) is 1. The molecule has 2 nitrogen and oxygen atoms in total. The predicted molar refractivity (Wildman–Crippen MR) is 66.1 cm³/mol. The molecule has 5 heteroatoms. The zero-order valence-corrected chi connectivity index (χ0v) is 9.97. The standard InChI is InChI=1S/C14H9F3N2/c1-7-4-8(15)2-3-9(7)14-18-12-5-10(16)11(17)6-13(12)19-14/h2-6H,1H3,(H,18,19). The van der Waals surface area contributed by atoms with Crippen molar-refractivity contribution in [1.29, 1.82) is 0 Å². The maximum Gasteiger partial charge on any atom is 0.161 e. The molecule has 0 aliphatic heterocycles. The van der Waals surface area contributed by atoms with Crippen LogP contribution in [-0.4, -0.2) is 9.97 Å². The van der Waals surface area contributed by atoms with Gasteiger partial charge in [0, 0.05) is 17.7 Å². The zero-order valence-electron chi connectivity index (χ0n) is 9.97. The molecule has 0 saturated heterocycles. The second kappa shape index (κ2) is 4.12. The molecule has 0 radical (unpaired) electrons. The molecule has 96 valence electrons. The maximum absolute atomic E-state index is 13.1. The summed E-state index contributed by atoms with van der Waals surface area (Å²) >= 11 is 0. The first-order valence-corrected chi connectivity index (χ1v) is 5.66. The van der Waals surface area contributed by atoms with Gasteiger partial charge in [0.05, 0.1) is 11.0 Å². The van der Waals surface area contributed by atoms with Gasteiger partial charge in [0.15, 0.2) is 11.6 Å². The molecule has 0 fully saturated rings. The Morgan fingerprint density at radius 3 is 2.47 bits per heavy atom. The lowest BCUT2D eigenvalue weighted by molar-refractivity contribution is 0.510. The third kappa shape index (κ3) is 1.97. The van der Waals surface area contributed by atoms with Gasteiger partial charge < -0.3 is 4.98 Å². The van der Waals surface area contributed by atoms with Crippen LogP contribution in [0.25, 0.3) is 22.4 Å². The van der Waals surface area contributed by atoms with E-state index in [9.17, 15) is 13.2 Å². The van der Waals surface area contributed by atoms with Crippen molar-refractivity contribution in [2.75, 3.05) is 0 Å². The number of aromatic nitrogens is 2. The highest BCUT2D eigenvalue weighted by molar-refractivity contribution is 5.80. The molecule has 0 aliphatic rings. The third-order valence-electron chi connectivity index (χ3n) is 2.97. The van der Waals surface area contributed by atoms with Crippen molar-refractivity contribution in [3.8, 4) is 11.4 Å². The molecule has 1 aromatic heterocycles. The molecule has 0 atom stereocenters. The highest BCUT2D eigenvalue weighted by atomic mass is 19.2. The van der Waals surface area contributed by atoms with Gasteiger partial charge in [0.25, 0.3) is 0 Å². The Labute approximate surface area is 106 Å². The number of nitrogens with one attached hydrogen (secondary N) is 1. The normalized spacial score (nSPS) is 11.2. The first kappa shape index (κ1) is 11.8. The Morgan fingerprint density at radius 1 is 1.00 bits per heavy atom. The Bertz CT molecular complexity index is 739. The highest BCUT2D eigenvalue weighted by Gasteiger charge is 2.11. The second-order valence-corrected chi connectivity index (χ2v) is 4.33. The van der Waals surface area contributed by atoms with Crippen LogP contribution >= 0.6 is 0 Å².